The molecule has 1 saturated carbocycles. The van der Waals surface area contributed by atoms with E-state index in [-0.39, 0.29) is 12.6 Å². The van der Waals surface area contributed by atoms with Crippen molar-refractivity contribution in [3.63, 3.8) is 0 Å². The van der Waals surface area contributed by atoms with Gasteiger partial charge in [0.2, 0.25) is 5.91 Å². The highest BCUT2D eigenvalue weighted by Crippen LogP contribution is 2.52. The van der Waals surface area contributed by atoms with Crippen LogP contribution in [0.3, 0.4) is 0 Å². The molecular formula is C24H40N3O6P. The Morgan fingerprint density at radius 3 is 2.41 bits per heavy atom. The van der Waals surface area contributed by atoms with Crippen LogP contribution >= 0.6 is 8.15 Å². The molecule has 0 aromatic heterocycles. The van der Waals surface area contributed by atoms with Crippen LogP contribution < -0.4 is 16.4 Å². The highest BCUT2D eigenvalue weighted by molar-refractivity contribution is 7.51. The van der Waals surface area contributed by atoms with Gasteiger partial charge in [-0.05, 0) is 76.9 Å². The summed E-state index contributed by atoms with van der Waals surface area (Å²) in [5.74, 6) is 6.64. The first-order valence-electron chi connectivity index (χ1n) is 12.1. The molecule has 0 aromatic carbocycles. The third kappa shape index (κ3) is 9.40. The quantitative estimate of drug-likeness (QED) is 0.125. The summed E-state index contributed by atoms with van der Waals surface area (Å²) in [6.07, 6.45) is 5.58. The van der Waals surface area contributed by atoms with E-state index in [4.69, 9.17) is 15.0 Å². The van der Waals surface area contributed by atoms with Crippen molar-refractivity contribution in [3.8, 4) is 11.8 Å². The number of carboxylic acids is 1. The molecule has 0 aliphatic heterocycles. The van der Waals surface area contributed by atoms with Gasteiger partial charge in [0.1, 0.15) is 12.8 Å². The summed E-state index contributed by atoms with van der Waals surface area (Å²) in [6.45, 7) is 5.94. The summed E-state index contributed by atoms with van der Waals surface area (Å²) >= 11 is 0. The fourth-order valence-corrected chi connectivity index (χ4v) is 6.03. The van der Waals surface area contributed by atoms with Gasteiger partial charge in [-0.2, -0.15) is 0 Å². The van der Waals surface area contributed by atoms with Crippen LogP contribution in [0.5, 0.6) is 0 Å². The second-order valence-corrected chi connectivity index (χ2v) is 11.6. The Labute approximate surface area is 204 Å². The highest BCUT2D eigenvalue weighted by atomic mass is 31.1. The minimum atomic E-state index is -1.03. The van der Waals surface area contributed by atoms with E-state index >= 15 is 0 Å². The SMILES string of the molecule is CP(CC(C)(C)C(=O)O)OCNC(=O)C(CCCCN)NC(=O)OCC1C2CCC#CCCC21. The maximum atomic E-state index is 12.7. The van der Waals surface area contributed by atoms with Crippen molar-refractivity contribution in [2.24, 2.45) is 28.9 Å². The zero-order valence-corrected chi connectivity index (χ0v) is 21.5. The van der Waals surface area contributed by atoms with E-state index in [9.17, 15) is 19.5 Å². The smallest absolute Gasteiger partial charge is 0.407 e. The normalized spacial score (nSPS) is 23.1. The number of aliphatic carboxylic acids is 1. The molecule has 2 aliphatic carbocycles. The van der Waals surface area contributed by atoms with Crippen LogP contribution in [0.4, 0.5) is 4.79 Å². The Kier molecular flexibility index (Phi) is 11.6. The largest absolute Gasteiger partial charge is 0.481 e. The first kappa shape index (κ1) is 28.4. The topological polar surface area (TPSA) is 140 Å². The van der Waals surface area contributed by atoms with E-state index in [0.29, 0.717) is 49.9 Å². The molecule has 9 nitrogen and oxygen atoms in total. The fourth-order valence-electron chi connectivity index (χ4n) is 4.41. The van der Waals surface area contributed by atoms with Crippen LogP contribution in [0.1, 0.15) is 58.8 Å². The van der Waals surface area contributed by atoms with Gasteiger partial charge in [0.25, 0.3) is 0 Å². The average Bonchev–Trinajstić information content (AvgIpc) is 3.40. The van der Waals surface area contributed by atoms with Crippen LogP contribution in [0.25, 0.3) is 0 Å². The number of nitrogens with two attached hydrogens (primary N) is 1. The lowest BCUT2D eigenvalue weighted by Crippen LogP contribution is -2.47. The number of amides is 2. The fraction of sp³-hybridized carbons (Fsp3) is 0.792. The number of rotatable bonds is 14. The van der Waals surface area contributed by atoms with Crippen molar-refractivity contribution >= 4 is 26.1 Å². The number of hydrogen-bond acceptors (Lipinski definition) is 6. The summed E-state index contributed by atoms with van der Waals surface area (Å²) in [5, 5.41) is 14.6. The molecule has 0 saturated heterocycles. The number of fused-ring (bicyclic) bond motifs is 1. The lowest BCUT2D eigenvalue weighted by Gasteiger charge is -2.24. The second kappa shape index (κ2) is 13.9. The number of nitrogens with one attached hydrogen (secondary N) is 2. The van der Waals surface area contributed by atoms with Crippen molar-refractivity contribution in [1.82, 2.24) is 10.6 Å². The minimum Gasteiger partial charge on any atom is -0.481 e. The molecule has 4 atom stereocenters. The van der Waals surface area contributed by atoms with E-state index in [1.165, 1.54) is 0 Å². The van der Waals surface area contributed by atoms with E-state index in [1.807, 2.05) is 6.66 Å². The molecular weight excluding hydrogens is 457 g/mol. The summed E-state index contributed by atoms with van der Waals surface area (Å²) in [5.41, 5.74) is 4.67. The van der Waals surface area contributed by atoms with Gasteiger partial charge in [-0.1, -0.05) is 0 Å². The van der Waals surface area contributed by atoms with Crippen molar-refractivity contribution in [3.05, 3.63) is 0 Å². The molecule has 2 amide bonds. The van der Waals surface area contributed by atoms with Crippen molar-refractivity contribution in [2.45, 2.75) is 64.8 Å². The summed E-state index contributed by atoms with van der Waals surface area (Å²) in [6, 6.07) is -0.748. The Morgan fingerprint density at radius 1 is 1.18 bits per heavy atom. The summed E-state index contributed by atoms with van der Waals surface area (Å²) < 4.78 is 11.1. The Bertz CT molecular complexity index is 748. The number of carboxylic acid groups (broad SMARTS) is 1. The van der Waals surface area contributed by atoms with Crippen LogP contribution in [-0.2, 0) is 18.8 Å². The number of alkyl carbamates (subject to hydrolysis) is 1. The summed E-state index contributed by atoms with van der Waals surface area (Å²) in [7, 11) is -1.03. The molecule has 0 heterocycles. The number of unbranched alkanes of at least 4 members (excludes halogenated alkanes) is 1. The highest BCUT2D eigenvalue weighted by Gasteiger charge is 2.49. The van der Waals surface area contributed by atoms with Crippen LogP contribution in [0.2, 0.25) is 0 Å². The molecule has 10 heteroatoms. The average molecular weight is 498 g/mol. The van der Waals surface area contributed by atoms with E-state index < -0.39 is 31.7 Å². The zero-order chi connectivity index (χ0) is 25.1. The standard InChI is InChI=1S/C24H40N3O6P/c1-24(2,22(29)30)15-34(3)33-16-26-21(28)20(12-8-9-13-25)27-23(31)32-14-19-17-10-6-4-5-7-11-18(17)19/h17-20H,6-16,25H2,1-3H3,(H,26,28)(H,27,31)(H,29,30). The van der Waals surface area contributed by atoms with Crippen LogP contribution in [0, 0.1) is 35.0 Å². The van der Waals surface area contributed by atoms with E-state index in [0.717, 1.165) is 32.1 Å². The maximum Gasteiger partial charge on any atom is 0.407 e. The molecule has 0 radical (unpaired) electrons. The lowest BCUT2D eigenvalue weighted by atomic mass is 9.97. The van der Waals surface area contributed by atoms with Gasteiger partial charge in [0, 0.05) is 27.2 Å². The molecule has 2 aliphatic rings. The number of ether oxygens (including phenoxy) is 1. The molecule has 2 rings (SSSR count). The van der Waals surface area contributed by atoms with Crippen LogP contribution in [0.15, 0.2) is 0 Å². The molecule has 0 bridgehead atoms. The Hall–Kier alpha value is -1.88. The maximum absolute atomic E-state index is 12.7. The van der Waals surface area contributed by atoms with Crippen molar-refractivity contribution < 1.29 is 28.8 Å². The predicted molar refractivity (Wildman–Crippen MR) is 131 cm³/mol. The second-order valence-electron chi connectivity index (χ2n) is 9.79. The van der Waals surface area contributed by atoms with E-state index in [1.54, 1.807) is 13.8 Å². The predicted octanol–water partition coefficient (Wildman–Crippen LogP) is 2.88. The molecule has 0 aromatic rings. The van der Waals surface area contributed by atoms with Crippen molar-refractivity contribution in [2.75, 3.05) is 32.7 Å². The third-order valence-corrected chi connectivity index (χ3v) is 8.34. The molecule has 4 unspecified atom stereocenters. The first-order valence-corrected chi connectivity index (χ1v) is 14.0. The third-order valence-electron chi connectivity index (χ3n) is 6.53. The molecule has 1 fully saturated rings. The van der Waals surface area contributed by atoms with Gasteiger partial charge < -0.3 is 30.7 Å². The van der Waals surface area contributed by atoms with Gasteiger partial charge in [-0.3, -0.25) is 9.59 Å². The monoisotopic (exact) mass is 497 g/mol. The van der Waals surface area contributed by atoms with Gasteiger partial charge >= 0.3 is 12.1 Å². The Morgan fingerprint density at radius 2 is 1.82 bits per heavy atom. The van der Waals surface area contributed by atoms with Crippen LogP contribution in [-0.4, -0.2) is 61.8 Å². The first-order chi connectivity index (χ1) is 16.2. The van der Waals surface area contributed by atoms with Gasteiger partial charge in [-0.25, -0.2) is 4.79 Å². The van der Waals surface area contributed by atoms with Gasteiger partial charge in [0.05, 0.1) is 12.0 Å². The lowest BCUT2D eigenvalue weighted by molar-refractivity contribution is -0.145. The zero-order valence-electron chi connectivity index (χ0n) is 20.6. The van der Waals surface area contributed by atoms with Gasteiger partial charge in [-0.15, -0.1) is 11.8 Å². The molecule has 192 valence electrons. The molecule has 34 heavy (non-hydrogen) atoms. The minimum absolute atomic E-state index is 0.0473. The number of hydrogen-bond donors (Lipinski definition) is 4. The molecule has 5 N–H and O–H groups in total. The van der Waals surface area contributed by atoms with E-state index in [2.05, 4.69) is 22.5 Å². The number of carbonyl (C=O) groups excluding carboxylic acids is 2. The van der Waals surface area contributed by atoms with Gasteiger partial charge in [0.15, 0.2) is 0 Å². The Balaban J connectivity index is 1.76. The number of carbonyl (C=O) groups is 3. The summed E-state index contributed by atoms with van der Waals surface area (Å²) in [4.78, 5) is 36.4. The molecule has 0 spiro atoms. The van der Waals surface area contributed by atoms with Crippen molar-refractivity contribution in [1.29, 1.82) is 0 Å².